The first-order chi connectivity index (χ1) is 9.93. The number of rotatable bonds is 6. The van der Waals surface area contributed by atoms with Crippen molar-refractivity contribution in [2.45, 2.75) is 38.5 Å². The third-order valence-electron chi connectivity index (χ3n) is 3.55. The number of aryl methyl sites for hydroxylation is 1. The summed E-state index contributed by atoms with van der Waals surface area (Å²) in [5.74, 6) is -0.0267. The van der Waals surface area contributed by atoms with E-state index in [9.17, 15) is 9.00 Å². The molecular weight excluding hydrogens is 288 g/mol. The van der Waals surface area contributed by atoms with Gasteiger partial charge in [0.1, 0.15) is 5.82 Å². The standard InChI is InChI=1S/C15H20N2O3S/c1-4-5-14-16-12-7-6-11(15(18)19)8-13(12)17(14)9-10(2)21(3)20/h6-8,10H,4-5,9H2,1-3H3,(H,18,19). The maximum atomic E-state index is 11.6. The second-order valence-corrected chi connectivity index (χ2v) is 7.01. The van der Waals surface area contributed by atoms with E-state index in [0.29, 0.717) is 6.54 Å². The SMILES string of the molecule is CCCc1nc2ccc(C(=O)O)cc2n1CC(C)S(C)=O. The van der Waals surface area contributed by atoms with E-state index in [-0.39, 0.29) is 10.8 Å². The van der Waals surface area contributed by atoms with Gasteiger partial charge in [-0.1, -0.05) is 6.92 Å². The van der Waals surface area contributed by atoms with Crippen molar-refractivity contribution in [2.75, 3.05) is 6.26 Å². The van der Waals surface area contributed by atoms with Crippen LogP contribution in [0.3, 0.4) is 0 Å². The van der Waals surface area contributed by atoms with Crippen LogP contribution in [0.4, 0.5) is 0 Å². The Morgan fingerprint density at radius 2 is 2.19 bits per heavy atom. The molecule has 2 rings (SSSR count). The van der Waals surface area contributed by atoms with Gasteiger partial charge in [0, 0.05) is 35.3 Å². The van der Waals surface area contributed by atoms with Crippen LogP contribution in [0.1, 0.15) is 36.5 Å². The second kappa shape index (κ2) is 6.39. The summed E-state index contributed by atoms with van der Waals surface area (Å²) in [6, 6.07) is 4.95. The summed E-state index contributed by atoms with van der Waals surface area (Å²) in [6.07, 6.45) is 3.46. The molecule has 0 aliphatic rings. The van der Waals surface area contributed by atoms with Crippen molar-refractivity contribution in [3.05, 3.63) is 29.6 Å². The third-order valence-corrected chi connectivity index (χ3v) is 4.84. The monoisotopic (exact) mass is 308 g/mol. The van der Waals surface area contributed by atoms with Gasteiger partial charge in [0.2, 0.25) is 0 Å². The Labute approximate surface area is 126 Å². The minimum atomic E-state index is -0.950. The Kier molecular flexibility index (Phi) is 4.77. The van der Waals surface area contributed by atoms with Crippen LogP contribution in [-0.4, -0.2) is 36.3 Å². The number of fused-ring (bicyclic) bond motifs is 1. The summed E-state index contributed by atoms with van der Waals surface area (Å²) >= 11 is 0. The first-order valence-electron chi connectivity index (χ1n) is 6.98. The van der Waals surface area contributed by atoms with Gasteiger partial charge < -0.3 is 9.67 Å². The van der Waals surface area contributed by atoms with Crippen molar-refractivity contribution < 1.29 is 14.1 Å². The number of carboxylic acids is 1. The molecule has 2 atom stereocenters. The summed E-state index contributed by atoms with van der Waals surface area (Å²) in [7, 11) is -0.929. The van der Waals surface area contributed by atoms with E-state index in [0.717, 1.165) is 29.7 Å². The van der Waals surface area contributed by atoms with Gasteiger partial charge in [-0.3, -0.25) is 4.21 Å². The lowest BCUT2D eigenvalue weighted by Crippen LogP contribution is -2.19. The van der Waals surface area contributed by atoms with Gasteiger partial charge in [-0.15, -0.1) is 0 Å². The number of hydrogen-bond acceptors (Lipinski definition) is 3. The number of carbonyl (C=O) groups is 1. The Hall–Kier alpha value is -1.69. The molecule has 0 amide bonds. The number of imidazole rings is 1. The maximum absolute atomic E-state index is 11.6. The highest BCUT2D eigenvalue weighted by Crippen LogP contribution is 2.20. The fourth-order valence-electron chi connectivity index (χ4n) is 2.29. The summed E-state index contributed by atoms with van der Waals surface area (Å²) < 4.78 is 13.6. The molecule has 114 valence electrons. The topological polar surface area (TPSA) is 72.2 Å². The quantitative estimate of drug-likeness (QED) is 0.889. The number of hydrogen-bond donors (Lipinski definition) is 1. The van der Waals surface area contributed by atoms with Crippen molar-refractivity contribution in [3.8, 4) is 0 Å². The molecule has 0 spiro atoms. The molecule has 1 aromatic heterocycles. The second-order valence-electron chi connectivity index (χ2n) is 5.21. The van der Waals surface area contributed by atoms with Gasteiger partial charge in [-0.25, -0.2) is 9.78 Å². The zero-order valence-electron chi connectivity index (χ0n) is 12.5. The Morgan fingerprint density at radius 1 is 1.48 bits per heavy atom. The normalized spacial score (nSPS) is 14.2. The lowest BCUT2D eigenvalue weighted by Gasteiger charge is -2.13. The molecule has 0 aliphatic heterocycles. The highest BCUT2D eigenvalue weighted by atomic mass is 32.2. The Morgan fingerprint density at radius 3 is 2.76 bits per heavy atom. The fourth-order valence-corrected chi connectivity index (χ4v) is 2.64. The van der Waals surface area contributed by atoms with E-state index in [4.69, 9.17) is 5.11 Å². The number of carboxylic acid groups (broad SMARTS) is 1. The van der Waals surface area contributed by atoms with E-state index in [2.05, 4.69) is 11.9 Å². The zero-order valence-corrected chi connectivity index (χ0v) is 13.3. The van der Waals surface area contributed by atoms with E-state index in [1.54, 1.807) is 24.5 Å². The minimum absolute atomic E-state index is 0.00788. The lowest BCUT2D eigenvalue weighted by atomic mass is 10.2. The summed E-state index contributed by atoms with van der Waals surface area (Å²) in [6.45, 7) is 4.59. The summed E-state index contributed by atoms with van der Waals surface area (Å²) in [5, 5.41) is 9.13. The molecule has 1 N–H and O–H groups in total. The minimum Gasteiger partial charge on any atom is -0.478 e. The van der Waals surface area contributed by atoms with Crippen molar-refractivity contribution in [2.24, 2.45) is 0 Å². The molecule has 21 heavy (non-hydrogen) atoms. The molecule has 0 fully saturated rings. The number of nitrogens with zero attached hydrogens (tertiary/aromatic N) is 2. The molecule has 6 heteroatoms. The van der Waals surface area contributed by atoms with Gasteiger partial charge in [0.05, 0.1) is 16.6 Å². The van der Waals surface area contributed by atoms with E-state index < -0.39 is 16.8 Å². The third kappa shape index (κ3) is 3.32. The predicted octanol–water partition coefficient (Wildman–Crippen LogP) is 2.45. The number of aromatic nitrogens is 2. The molecule has 0 radical (unpaired) electrons. The van der Waals surface area contributed by atoms with Crippen LogP contribution in [0, 0.1) is 0 Å². The van der Waals surface area contributed by atoms with Crippen LogP contribution in [0.2, 0.25) is 0 Å². The predicted molar refractivity (Wildman–Crippen MR) is 84.2 cm³/mol. The fraction of sp³-hybridized carbons (Fsp3) is 0.467. The van der Waals surface area contributed by atoms with Crippen LogP contribution in [0.15, 0.2) is 18.2 Å². The van der Waals surface area contributed by atoms with Crippen molar-refractivity contribution in [1.29, 1.82) is 0 Å². The van der Waals surface area contributed by atoms with E-state index >= 15 is 0 Å². The highest BCUT2D eigenvalue weighted by molar-refractivity contribution is 7.84. The van der Waals surface area contributed by atoms with Crippen LogP contribution in [-0.2, 0) is 23.8 Å². The van der Waals surface area contributed by atoms with Gasteiger partial charge in [0.15, 0.2) is 0 Å². The van der Waals surface area contributed by atoms with Crippen LogP contribution < -0.4 is 0 Å². The largest absolute Gasteiger partial charge is 0.478 e. The average Bonchev–Trinajstić information content (AvgIpc) is 2.76. The summed E-state index contributed by atoms with van der Waals surface area (Å²) in [5.41, 5.74) is 1.84. The number of aromatic carboxylic acids is 1. The molecule has 0 saturated heterocycles. The zero-order chi connectivity index (χ0) is 15.6. The van der Waals surface area contributed by atoms with Crippen LogP contribution >= 0.6 is 0 Å². The van der Waals surface area contributed by atoms with Gasteiger partial charge >= 0.3 is 5.97 Å². The molecule has 0 saturated carbocycles. The molecule has 5 nitrogen and oxygen atoms in total. The van der Waals surface area contributed by atoms with Crippen LogP contribution in [0.5, 0.6) is 0 Å². The molecule has 1 heterocycles. The molecular formula is C15H20N2O3S. The van der Waals surface area contributed by atoms with Crippen molar-refractivity contribution in [1.82, 2.24) is 9.55 Å². The Balaban J connectivity index is 2.55. The average molecular weight is 308 g/mol. The molecule has 1 aromatic carbocycles. The first-order valence-corrected chi connectivity index (χ1v) is 8.60. The summed E-state index contributed by atoms with van der Waals surface area (Å²) in [4.78, 5) is 15.7. The van der Waals surface area contributed by atoms with Crippen molar-refractivity contribution in [3.63, 3.8) is 0 Å². The van der Waals surface area contributed by atoms with Crippen molar-refractivity contribution >= 4 is 27.8 Å². The van der Waals surface area contributed by atoms with E-state index in [1.807, 2.05) is 11.5 Å². The van der Waals surface area contributed by atoms with E-state index in [1.165, 1.54) is 0 Å². The van der Waals surface area contributed by atoms with Gasteiger partial charge in [0.25, 0.3) is 0 Å². The Bertz CT molecular complexity index is 694. The maximum Gasteiger partial charge on any atom is 0.335 e. The van der Waals surface area contributed by atoms with Gasteiger partial charge in [-0.2, -0.15) is 0 Å². The van der Waals surface area contributed by atoms with Crippen LogP contribution in [0.25, 0.3) is 11.0 Å². The highest BCUT2D eigenvalue weighted by Gasteiger charge is 2.16. The molecule has 0 bridgehead atoms. The van der Waals surface area contributed by atoms with Gasteiger partial charge in [-0.05, 0) is 31.5 Å². The smallest absolute Gasteiger partial charge is 0.335 e. The number of benzene rings is 1. The molecule has 0 aliphatic carbocycles. The lowest BCUT2D eigenvalue weighted by molar-refractivity contribution is 0.0697. The molecule has 2 aromatic rings. The molecule has 2 unspecified atom stereocenters. The first kappa shape index (κ1) is 15.7.